The van der Waals surface area contributed by atoms with Crippen LogP contribution in [-0.2, 0) is 30.4 Å². The molecule has 12 heteroatoms. The molecule has 0 bridgehead atoms. The molecule has 280 valence electrons. The summed E-state index contributed by atoms with van der Waals surface area (Å²) in [6, 6.07) is 17.6. The van der Waals surface area contributed by atoms with Gasteiger partial charge in [-0.2, -0.15) is 0 Å². The molecule has 2 aromatic rings. The Hall–Kier alpha value is -4.13. The normalized spacial score (nSPS) is 16.5. The van der Waals surface area contributed by atoms with Gasteiger partial charge in [0.25, 0.3) is 0 Å². The van der Waals surface area contributed by atoms with Gasteiger partial charge in [0.05, 0.1) is 12.6 Å². The molecule has 12 nitrogen and oxygen atoms in total. The first-order valence-corrected chi connectivity index (χ1v) is 18.3. The molecule has 1 aliphatic heterocycles. The third-order valence-corrected chi connectivity index (χ3v) is 9.65. The fourth-order valence-corrected chi connectivity index (χ4v) is 6.45. The lowest BCUT2D eigenvalue weighted by atomic mass is 9.86. The van der Waals surface area contributed by atoms with E-state index in [1.807, 2.05) is 74.5 Å². The number of nitrogens with two attached hydrogens (primary N) is 2. The lowest BCUT2D eigenvalue weighted by molar-refractivity contribution is -0.149. The molecule has 1 saturated heterocycles. The van der Waals surface area contributed by atoms with Crippen LogP contribution in [0.2, 0.25) is 0 Å². The zero-order chi connectivity index (χ0) is 37.4. The number of nitrogens with one attached hydrogen (secondary N) is 3. The predicted octanol–water partition coefficient (Wildman–Crippen LogP) is 2.75. The first-order valence-electron chi connectivity index (χ1n) is 18.3. The average Bonchev–Trinajstić information content (AvgIpc) is 3.11. The van der Waals surface area contributed by atoms with Crippen LogP contribution < -0.4 is 27.4 Å². The van der Waals surface area contributed by atoms with Crippen LogP contribution in [-0.4, -0.2) is 89.8 Å². The molecule has 1 aliphatic rings. The number of hydrogen-bond acceptors (Lipinski definition) is 8. The summed E-state index contributed by atoms with van der Waals surface area (Å²) in [7, 11) is 0. The second-order valence-corrected chi connectivity index (χ2v) is 14.4. The molecule has 3 amide bonds. The predicted molar refractivity (Wildman–Crippen MR) is 198 cm³/mol. The molecule has 0 aliphatic carbocycles. The molecule has 8 N–H and O–H groups in total. The molecule has 51 heavy (non-hydrogen) atoms. The first kappa shape index (κ1) is 41.3. The van der Waals surface area contributed by atoms with Crippen molar-refractivity contribution in [2.24, 2.45) is 23.3 Å². The fraction of sp³-hybridized carbons (Fsp3) is 0.564. The van der Waals surface area contributed by atoms with Gasteiger partial charge in [0.2, 0.25) is 17.7 Å². The molecule has 0 aromatic heterocycles. The standard InChI is InChI=1S/C39H58N6O6/c1-27(2)22-32(34(46)24-31(16-10-11-19-40)37(49)45-20-17-39(41,18-21-45)38(50)51)44-36(48)33(23-29-12-6-4-7-13-29)43-35(47)26-42-25-28(3)30-14-8-5-9-15-30/h4-9,12-15,27-28,31-33,42H,10-11,16-26,40-41H2,1-3H3,(H,43,47)(H,44,48)(H,50,51)/t28-,31-,32+,33+/m0/s1. The Labute approximate surface area is 302 Å². The van der Waals surface area contributed by atoms with Gasteiger partial charge in [-0.25, -0.2) is 0 Å². The second kappa shape index (κ2) is 20.7. The number of carboxylic acids is 1. The number of unbranched alkanes of at least 4 members (excludes halogenated alkanes) is 1. The molecule has 2 aromatic carbocycles. The zero-order valence-corrected chi connectivity index (χ0v) is 30.4. The Balaban J connectivity index is 1.71. The van der Waals surface area contributed by atoms with Gasteiger partial charge < -0.3 is 37.4 Å². The van der Waals surface area contributed by atoms with Crippen molar-refractivity contribution in [1.82, 2.24) is 20.9 Å². The summed E-state index contributed by atoms with van der Waals surface area (Å²) in [5.41, 5.74) is 12.4. The van der Waals surface area contributed by atoms with E-state index in [0.717, 1.165) is 11.1 Å². The number of nitrogens with zero attached hydrogens (tertiary/aromatic N) is 1. The quantitative estimate of drug-likeness (QED) is 0.106. The highest BCUT2D eigenvalue weighted by atomic mass is 16.4. The maximum Gasteiger partial charge on any atom is 0.323 e. The van der Waals surface area contributed by atoms with Gasteiger partial charge in [0, 0.05) is 38.4 Å². The highest BCUT2D eigenvalue weighted by Gasteiger charge is 2.40. The largest absolute Gasteiger partial charge is 0.480 e. The van der Waals surface area contributed by atoms with Gasteiger partial charge in [-0.15, -0.1) is 0 Å². The highest BCUT2D eigenvalue weighted by Crippen LogP contribution is 2.25. The SMILES string of the molecule is CC(C)C[C@@H](NC(=O)[C@@H](Cc1ccccc1)NC(=O)CNC[C@H](C)c1ccccc1)C(=O)C[C@H](CCCCN)C(=O)N1CCC(N)(C(=O)O)CC1. The average molecular weight is 707 g/mol. The van der Waals surface area contributed by atoms with E-state index in [2.05, 4.69) is 22.9 Å². The van der Waals surface area contributed by atoms with Gasteiger partial charge in [-0.3, -0.25) is 24.0 Å². The lowest BCUT2D eigenvalue weighted by Gasteiger charge is -2.38. The lowest BCUT2D eigenvalue weighted by Crippen LogP contribution is -2.57. The van der Waals surface area contributed by atoms with E-state index in [1.54, 1.807) is 4.90 Å². The number of hydrogen-bond donors (Lipinski definition) is 6. The van der Waals surface area contributed by atoms with Gasteiger partial charge in [-0.1, -0.05) is 87.9 Å². The minimum Gasteiger partial charge on any atom is -0.480 e. The first-order chi connectivity index (χ1) is 24.3. The van der Waals surface area contributed by atoms with Gasteiger partial charge in [0.15, 0.2) is 5.78 Å². The van der Waals surface area contributed by atoms with Crippen molar-refractivity contribution < 1.29 is 29.1 Å². The third-order valence-electron chi connectivity index (χ3n) is 9.65. The molecule has 4 atom stereocenters. The number of aliphatic carboxylic acids is 1. The summed E-state index contributed by atoms with van der Waals surface area (Å²) in [4.78, 5) is 67.9. The van der Waals surface area contributed by atoms with Crippen LogP contribution in [0.4, 0.5) is 0 Å². The minimum absolute atomic E-state index is 0.0188. The summed E-state index contributed by atoms with van der Waals surface area (Å²) in [6.07, 6.45) is 2.54. The molecule has 0 radical (unpaired) electrons. The van der Waals surface area contributed by atoms with Crippen molar-refractivity contribution >= 4 is 29.5 Å². The van der Waals surface area contributed by atoms with Crippen molar-refractivity contribution in [3.8, 4) is 0 Å². The number of ketones is 1. The molecule has 1 heterocycles. The van der Waals surface area contributed by atoms with Crippen molar-refractivity contribution in [1.29, 1.82) is 0 Å². The summed E-state index contributed by atoms with van der Waals surface area (Å²) >= 11 is 0. The second-order valence-electron chi connectivity index (χ2n) is 14.4. The number of rotatable bonds is 21. The summed E-state index contributed by atoms with van der Waals surface area (Å²) < 4.78 is 0. The van der Waals surface area contributed by atoms with Crippen LogP contribution in [0, 0.1) is 11.8 Å². The summed E-state index contributed by atoms with van der Waals surface area (Å²) in [5, 5.41) is 18.5. The Kier molecular flexibility index (Phi) is 16.7. The van der Waals surface area contributed by atoms with Crippen molar-refractivity contribution in [3.63, 3.8) is 0 Å². The number of carboxylic acid groups (broad SMARTS) is 1. The Bertz CT molecular complexity index is 1410. The van der Waals surface area contributed by atoms with Crippen LogP contribution in [0.15, 0.2) is 60.7 Å². The maximum atomic E-state index is 14.0. The number of benzene rings is 2. The number of carbonyl (C=O) groups is 5. The van der Waals surface area contributed by atoms with E-state index in [1.165, 1.54) is 0 Å². The van der Waals surface area contributed by atoms with Gasteiger partial charge in [-0.05, 0) is 61.6 Å². The van der Waals surface area contributed by atoms with E-state index >= 15 is 0 Å². The molecule has 0 saturated carbocycles. The topological polar surface area (TPSA) is 197 Å². The summed E-state index contributed by atoms with van der Waals surface area (Å²) in [6.45, 7) is 7.41. The minimum atomic E-state index is -1.38. The number of likely N-dealkylation sites (tertiary alicyclic amines) is 1. The number of piperidine rings is 1. The number of carbonyl (C=O) groups excluding carboxylic acids is 4. The van der Waals surface area contributed by atoms with Crippen LogP contribution >= 0.6 is 0 Å². The molecule has 1 fully saturated rings. The zero-order valence-electron chi connectivity index (χ0n) is 30.4. The van der Waals surface area contributed by atoms with E-state index in [9.17, 15) is 29.1 Å². The molecule has 0 spiro atoms. The van der Waals surface area contributed by atoms with Crippen molar-refractivity contribution in [2.45, 2.75) is 95.7 Å². The fourth-order valence-electron chi connectivity index (χ4n) is 6.45. The van der Waals surface area contributed by atoms with Crippen LogP contribution in [0.25, 0.3) is 0 Å². The van der Waals surface area contributed by atoms with Crippen LogP contribution in [0.5, 0.6) is 0 Å². The van der Waals surface area contributed by atoms with Crippen molar-refractivity contribution in [3.05, 3.63) is 71.8 Å². The molecular weight excluding hydrogens is 648 g/mol. The van der Waals surface area contributed by atoms with Crippen molar-refractivity contribution in [2.75, 3.05) is 32.7 Å². The smallest absolute Gasteiger partial charge is 0.323 e. The van der Waals surface area contributed by atoms with Crippen LogP contribution in [0.1, 0.15) is 82.8 Å². The molecular formula is C39H58N6O6. The Morgan fingerprint density at radius 3 is 2.10 bits per heavy atom. The Morgan fingerprint density at radius 1 is 0.882 bits per heavy atom. The van der Waals surface area contributed by atoms with E-state index in [0.29, 0.717) is 38.8 Å². The van der Waals surface area contributed by atoms with Gasteiger partial charge in [0.1, 0.15) is 11.6 Å². The number of Topliss-reactive ketones (excluding diaryl/α,β-unsaturated/α-hetero) is 1. The maximum absolute atomic E-state index is 14.0. The van der Waals surface area contributed by atoms with E-state index < -0.39 is 35.4 Å². The highest BCUT2D eigenvalue weighted by molar-refractivity contribution is 5.95. The monoisotopic (exact) mass is 706 g/mol. The molecule has 0 unspecified atom stereocenters. The Morgan fingerprint density at radius 2 is 1.51 bits per heavy atom. The van der Waals surface area contributed by atoms with E-state index in [-0.39, 0.29) is 74.8 Å². The molecule has 3 rings (SSSR count). The summed E-state index contributed by atoms with van der Waals surface area (Å²) in [5.74, 6) is -2.79. The van der Waals surface area contributed by atoms with E-state index in [4.69, 9.17) is 11.5 Å². The van der Waals surface area contributed by atoms with Crippen LogP contribution in [0.3, 0.4) is 0 Å². The third kappa shape index (κ3) is 13.5. The van der Waals surface area contributed by atoms with Gasteiger partial charge >= 0.3 is 5.97 Å². The number of amides is 3.